The molecule has 2 aliphatic rings. The maximum absolute atomic E-state index is 12.0. The number of nitrogens with zero attached hydrogens (tertiary/aromatic N) is 1. The van der Waals surface area contributed by atoms with Crippen LogP contribution in [-0.4, -0.2) is 62.9 Å². The number of morpholine rings is 1. The van der Waals surface area contributed by atoms with Crippen LogP contribution in [0, 0.1) is 5.92 Å². The number of hydrogen-bond acceptors (Lipinski definition) is 5. The van der Waals surface area contributed by atoms with Crippen LogP contribution >= 0.6 is 0 Å². The molecule has 1 aromatic rings. The number of amides is 1. The van der Waals surface area contributed by atoms with Crippen LogP contribution < -0.4 is 5.32 Å². The van der Waals surface area contributed by atoms with E-state index in [1.807, 2.05) is 0 Å². The van der Waals surface area contributed by atoms with E-state index in [2.05, 4.69) is 10.2 Å². The van der Waals surface area contributed by atoms with Crippen LogP contribution in [0.2, 0.25) is 0 Å². The minimum absolute atomic E-state index is 0.155. The van der Waals surface area contributed by atoms with E-state index in [4.69, 9.17) is 13.9 Å². The predicted octanol–water partition coefficient (Wildman–Crippen LogP) is 0.747. The third-order valence-corrected chi connectivity index (χ3v) is 4.24. The van der Waals surface area contributed by atoms with E-state index < -0.39 is 0 Å². The first-order valence-corrected chi connectivity index (χ1v) is 7.56. The Labute approximate surface area is 124 Å². The second-order valence-corrected chi connectivity index (χ2v) is 5.53. The van der Waals surface area contributed by atoms with Crippen molar-refractivity contribution in [3.63, 3.8) is 0 Å². The first-order valence-electron chi connectivity index (χ1n) is 7.56. The zero-order valence-corrected chi connectivity index (χ0v) is 12.1. The normalized spacial score (nSPS) is 24.9. The highest BCUT2D eigenvalue weighted by atomic mass is 16.5. The fraction of sp³-hybridized carbons (Fsp3) is 0.667. The maximum atomic E-state index is 12.0. The van der Waals surface area contributed by atoms with Gasteiger partial charge in [-0.1, -0.05) is 0 Å². The lowest BCUT2D eigenvalue weighted by molar-refractivity contribution is 0.00160. The summed E-state index contributed by atoms with van der Waals surface area (Å²) < 4.78 is 16.1. The van der Waals surface area contributed by atoms with Gasteiger partial charge >= 0.3 is 0 Å². The Bertz CT molecular complexity index is 437. The third kappa shape index (κ3) is 3.64. The van der Waals surface area contributed by atoms with E-state index in [9.17, 15) is 4.79 Å². The zero-order chi connectivity index (χ0) is 14.5. The summed E-state index contributed by atoms with van der Waals surface area (Å²) in [5.41, 5.74) is 0. The summed E-state index contributed by atoms with van der Waals surface area (Å²) >= 11 is 0. The lowest BCUT2D eigenvalue weighted by Gasteiger charge is -2.37. The second kappa shape index (κ2) is 7.06. The Hall–Kier alpha value is -1.37. The van der Waals surface area contributed by atoms with Crippen LogP contribution in [0.15, 0.2) is 22.8 Å². The Kier molecular flexibility index (Phi) is 4.90. The Morgan fingerprint density at radius 1 is 1.33 bits per heavy atom. The van der Waals surface area contributed by atoms with Crippen molar-refractivity contribution in [2.75, 3.05) is 46.1 Å². The monoisotopic (exact) mass is 294 g/mol. The van der Waals surface area contributed by atoms with E-state index in [-0.39, 0.29) is 5.91 Å². The van der Waals surface area contributed by atoms with Crippen molar-refractivity contribution in [3.8, 4) is 0 Å². The molecule has 116 valence electrons. The van der Waals surface area contributed by atoms with Gasteiger partial charge in [-0.05, 0) is 18.6 Å². The average Bonchev–Trinajstić information content (AvgIpc) is 3.22. The van der Waals surface area contributed by atoms with Crippen LogP contribution in [-0.2, 0) is 9.47 Å². The van der Waals surface area contributed by atoms with Crippen molar-refractivity contribution in [3.05, 3.63) is 24.2 Å². The number of furan rings is 1. The zero-order valence-electron chi connectivity index (χ0n) is 12.1. The largest absolute Gasteiger partial charge is 0.459 e. The van der Waals surface area contributed by atoms with Gasteiger partial charge in [-0.3, -0.25) is 9.69 Å². The van der Waals surface area contributed by atoms with Gasteiger partial charge < -0.3 is 19.2 Å². The third-order valence-electron chi connectivity index (χ3n) is 4.24. The molecule has 6 heteroatoms. The summed E-state index contributed by atoms with van der Waals surface area (Å²) in [7, 11) is 0. The SMILES string of the molecule is O=C(NCC(C1CCOC1)N1CCOCC1)c1ccco1. The van der Waals surface area contributed by atoms with E-state index in [1.165, 1.54) is 6.26 Å². The molecule has 2 atom stereocenters. The summed E-state index contributed by atoms with van der Waals surface area (Å²) in [4.78, 5) is 14.4. The number of carbonyl (C=O) groups excluding carboxylic acids is 1. The molecule has 3 heterocycles. The van der Waals surface area contributed by atoms with E-state index in [0.29, 0.717) is 24.3 Å². The van der Waals surface area contributed by atoms with Crippen LogP contribution in [0.4, 0.5) is 0 Å². The molecule has 0 bridgehead atoms. The summed E-state index contributed by atoms with van der Waals surface area (Å²) in [6.45, 7) is 5.56. The molecular weight excluding hydrogens is 272 g/mol. The fourth-order valence-corrected chi connectivity index (χ4v) is 3.05. The molecule has 21 heavy (non-hydrogen) atoms. The molecule has 1 aromatic heterocycles. The molecule has 6 nitrogen and oxygen atoms in total. The topological polar surface area (TPSA) is 63.9 Å². The molecule has 3 rings (SSSR count). The minimum Gasteiger partial charge on any atom is -0.459 e. The molecule has 0 spiro atoms. The van der Waals surface area contributed by atoms with Crippen molar-refractivity contribution in [1.29, 1.82) is 0 Å². The van der Waals surface area contributed by atoms with Gasteiger partial charge in [-0.2, -0.15) is 0 Å². The molecule has 0 radical (unpaired) electrons. The number of rotatable bonds is 5. The van der Waals surface area contributed by atoms with Gasteiger partial charge in [0.1, 0.15) is 0 Å². The lowest BCUT2D eigenvalue weighted by Crippen LogP contribution is -2.52. The molecule has 2 fully saturated rings. The van der Waals surface area contributed by atoms with E-state index in [0.717, 1.165) is 45.9 Å². The first kappa shape index (κ1) is 14.6. The Morgan fingerprint density at radius 3 is 2.86 bits per heavy atom. The average molecular weight is 294 g/mol. The van der Waals surface area contributed by atoms with Crippen LogP contribution in [0.1, 0.15) is 17.0 Å². The van der Waals surface area contributed by atoms with Crippen molar-refractivity contribution < 1.29 is 18.7 Å². The van der Waals surface area contributed by atoms with Crippen molar-refractivity contribution in [2.24, 2.45) is 5.92 Å². The first-order chi connectivity index (χ1) is 10.3. The Morgan fingerprint density at radius 2 is 2.19 bits per heavy atom. The van der Waals surface area contributed by atoms with Gasteiger partial charge in [0.15, 0.2) is 5.76 Å². The maximum Gasteiger partial charge on any atom is 0.287 e. The fourth-order valence-electron chi connectivity index (χ4n) is 3.05. The van der Waals surface area contributed by atoms with Crippen LogP contribution in [0.3, 0.4) is 0 Å². The van der Waals surface area contributed by atoms with Crippen molar-refractivity contribution in [2.45, 2.75) is 12.5 Å². The Balaban J connectivity index is 1.59. The summed E-state index contributed by atoms with van der Waals surface area (Å²) in [5.74, 6) is 0.676. The van der Waals surface area contributed by atoms with Gasteiger partial charge in [0.2, 0.25) is 0 Å². The van der Waals surface area contributed by atoms with Gasteiger partial charge in [0.25, 0.3) is 5.91 Å². The standard InChI is InChI=1S/C15H22N2O4/c18-15(14-2-1-6-21-14)16-10-13(12-3-7-20-11-12)17-4-8-19-9-5-17/h1-2,6,12-13H,3-5,7-11H2,(H,16,18). The van der Waals surface area contributed by atoms with Crippen molar-refractivity contribution >= 4 is 5.91 Å². The summed E-state index contributed by atoms with van der Waals surface area (Å²) in [6.07, 6.45) is 2.57. The predicted molar refractivity (Wildman–Crippen MR) is 76.1 cm³/mol. The molecule has 2 unspecified atom stereocenters. The lowest BCUT2D eigenvalue weighted by atomic mass is 9.97. The molecule has 2 aliphatic heterocycles. The number of ether oxygens (including phenoxy) is 2. The van der Waals surface area contributed by atoms with E-state index in [1.54, 1.807) is 12.1 Å². The molecular formula is C15H22N2O4. The second-order valence-electron chi connectivity index (χ2n) is 5.53. The highest BCUT2D eigenvalue weighted by Crippen LogP contribution is 2.22. The minimum atomic E-state index is -0.155. The summed E-state index contributed by atoms with van der Waals surface area (Å²) in [6, 6.07) is 3.70. The number of nitrogens with one attached hydrogen (secondary N) is 1. The van der Waals surface area contributed by atoms with Crippen molar-refractivity contribution in [1.82, 2.24) is 10.2 Å². The van der Waals surface area contributed by atoms with Gasteiger partial charge in [-0.25, -0.2) is 0 Å². The number of hydrogen-bond donors (Lipinski definition) is 1. The highest BCUT2D eigenvalue weighted by molar-refractivity contribution is 5.91. The molecule has 0 aromatic carbocycles. The van der Waals surface area contributed by atoms with Gasteiger partial charge in [0, 0.05) is 38.2 Å². The quantitative estimate of drug-likeness (QED) is 0.868. The molecule has 1 amide bonds. The summed E-state index contributed by atoms with van der Waals surface area (Å²) in [5, 5.41) is 2.99. The highest BCUT2D eigenvalue weighted by Gasteiger charge is 2.31. The smallest absolute Gasteiger partial charge is 0.287 e. The number of carbonyl (C=O) groups is 1. The van der Waals surface area contributed by atoms with Gasteiger partial charge in [0.05, 0.1) is 26.1 Å². The molecule has 2 saturated heterocycles. The van der Waals surface area contributed by atoms with Crippen LogP contribution in [0.25, 0.3) is 0 Å². The van der Waals surface area contributed by atoms with E-state index >= 15 is 0 Å². The van der Waals surface area contributed by atoms with Gasteiger partial charge in [-0.15, -0.1) is 0 Å². The van der Waals surface area contributed by atoms with Crippen LogP contribution in [0.5, 0.6) is 0 Å². The molecule has 0 saturated carbocycles. The molecule has 0 aliphatic carbocycles. The molecule has 1 N–H and O–H groups in total.